The van der Waals surface area contributed by atoms with Gasteiger partial charge in [0.05, 0.1) is 5.75 Å². The molecule has 1 unspecified atom stereocenters. The zero-order chi connectivity index (χ0) is 12.4. The molecule has 16 heavy (non-hydrogen) atoms. The molecule has 0 aromatic heterocycles. The summed E-state index contributed by atoms with van der Waals surface area (Å²) < 4.78 is 26.6. The Hall–Kier alpha value is 0.390. The van der Waals surface area contributed by atoms with Gasteiger partial charge in [-0.15, -0.1) is 0 Å². The number of halogens is 1. The zero-order valence-electron chi connectivity index (χ0n) is 10.3. The third-order valence-corrected chi connectivity index (χ3v) is 4.93. The van der Waals surface area contributed by atoms with E-state index in [1.165, 1.54) is 0 Å². The van der Waals surface area contributed by atoms with Crippen LogP contribution in [0.4, 0.5) is 0 Å². The Morgan fingerprint density at radius 2 is 1.94 bits per heavy atom. The third-order valence-electron chi connectivity index (χ3n) is 2.92. The molecule has 0 aromatic rings. The van der Waals surface area contributed by atoms with E-state index in [9.17, 15) is 8.42 Å². The molecule has 0 saturated heterocycles. The highest BCUT2D eigenvalue weighted by molar-refractivity contribution is 9.09. The number of alkyl halides is 1. The molecule has 1 aliphatic carbocycles. The lowest BCUT2D eigenvalue weighted by molar-refractivity contribution is 0.293. The Labute approximate surface area is 108 Å². The topological polar surface area (TPSA) is 46.2 Å². The van der Waals surface area contributed by atoms with Crippen LogP contribution in [0.5, 0.6) is 0 Å². The molecular formula is C11H22BrNO2S. The molecule has 0 aromatic carbocycles. The molecule has 96 valence electrons. The van der Waals surface area contributed by atoms with Crippen LogP contribution >= 0.6 is 15.9 Å². The summed E-state index contributed by atoms with van der Waals surface area (Å²) in [5.41, 5.74) is -0.0373. The third kappa shape index (κ3) is 5.15. The van der Waals surface area contributed by atoms with Gasteiger partial charge >= 0.3 is 0 Å². The number of hydrogen-bond acceptors (Lipinski definition) is 2. The van der Waals surface area contributed by atoms with Crippen LogP contribution in [0.25, 0.3) is 0 Å². The van der Waals surface area contributed by atoms with Gasteiger partial charge in [-0.25, -0.2) is 13.1 Å². The van der Waals surface area contributed by atoms with Gasteiger partial charge in [-0.3, -0.25) is 0 Å². The summed E-state index contributed by atoms with van der Waals surface area (Å²) in [4.78, 5) is 0. The fourth-order valence-corrected chi connectivity index (χ4v) is 4.05. The van der Waals surface area contributed by atoms with Crippen molar-refractivity contribution >= 4 is 26.0 Å². The molecule has 0 spiro atoms. The van der Waals surface area contributed by atoms with Crippen LogP contribution in [0.1, 0.15) is 40.0 Å². The van der Waals surface area contributed by atoms with Crippen molar-refractivity contribution in [2.45, 2.75) is 46.1 Å². The van der Waals surface area contributed by atoms with Gasteiger partial charge in [0.15, 0.2) is 0 Å². The average molecular weight is 312 g/mol. The largest absolute Gasteiger partial charge is 0.212 e. The van der Waals surface area contributed by atoms with Crippen LogP contribution in [0, 0.1) is 11.3 Å². The van der Waals surface area contributed by atoms with E-state index in [1.807, 2.05) is 0 Å². The lowest BCUT2D eigenvalue weighted by Crippen LogP contribution is -2.45. The summed E-state index contributed by atoms with van der Waals surface area (Å²) in [6.07, 6.45) is 2.96. The fraction of sp³-hybridized carbons (Fsp3) is 1.00. The molecule has 5 heteroatoms. The molecule has 1 N–H and O–H groups in total. The summed E-state index contributed by atoms with van der Waals surface area (Å²) in [7, 11) is -3.09. The van der Waals surface area contributed by atoms with Gasteiger partial charge in [-0.1, -0.05) is 36.7 Å². The summed E-state index contributed by atoms with van der Waals surface area (Å²) in [6, 6.07) is 0.00984. The predicted octanol–water partition coefficient (Wildman–Crippen LogP) is 2.52. The Kier molecular flexibility index (Phi) is 4.84. The van der Waals surface area contributed by atoms with Gasteiger partial charge < -0.3 is 0 Å². The first-order valence-corrected chi connectivity index (χ1v) is 8.58. The van der Waals surface area contributed by atoms with Crippen LogP contribution < -0.4 is 4.72 Å². The zero-order valence-corrected chi connectivity index (χ0v) is 12.7. The Balaban J connectivity index is 2.59. The average Bonchev–Trinajstić information content (AvgIpc) is 2.84. The quantitative estimate of drug-likeness (QED) is 0.766. The van der Waals surface area contributed by atoms with Crippen LogP contribution in [0.2, 0.25) is 0 Å². The van der Waals surface area contributed by atoms with Crippen LogP contribution in [0.15, 0.2) is 0 Å². The molecule has 1 atom stereocenters. The van der Waals surface area contributed by atoms with Gasteiger partial charge in [0, 0.05) is 11.4 Å². The second kappa shape index (κ2) is 5.36. The van der Waals surface area contributed by atoms with Crippen molar-refractivity contribution in [1.82, 2.24) is 4.72 Å². The van der Waals surface area contributed by atoms with Crippen LogP contribution in [0.3, 0.4) is 0 Å². The van der Waals surface area contributed by atoms with E-state index < -0.39 is 10.0 Å². The van der Waals surface area contributed by atoms with Gasteiger partial charge in [0.25, 0.3) is 0 Å². The first-order chi connectivity index (χ1) is 7.24. The minimum absolute atomic E-state index is 0.00984. The summed E-state index contributed by atoms with van der Waals surface area (Å²) in [5.74, 6) is 0.712. The minimum Gasteiger partial charge on any atom is -0.212 e. The maximum atomic E-state index is 11.9. The van der Waals surface area contributed by atoms with E-state index in [4.69, 9.17) is 0 Å². The van der Waals surface area contributed by atoms with E-state index in [2.05, 4.69) is 41.4 Å². The van der Waals surface area contributed by atoms with Crippen molar-refractivity contribution in [2.24, 2.45) is 11.3 Å². The molecule has 1 rings (SSSR count). The molecule has 0 bridgehead atoms. The molecule has 0 amide bonds. The maximum absolute atomic E-state index is 11.9. The van der Waals surface area contributed by atoms with E-state index in [0.29, 0.717) is 11.7 Å². The molecule has 1 saturated carbocycles. The standard InChI is InChI=1S/C11H22BrNO2S/c1-11(2,3)10(6-7-12)13-16(14,15)8-9-4-5-9/h9-10,13H,4-8H2,1-3H3. The van der Waals surface area contributed by atoms with Crippen molar-refractivity contribution in [3.05, 3.63) is 0 Å². The normalized spacial score (nSPS) is 19.8. The van der Waals surface area contributed by atoms with Gasteiger partial charge in [0.2, 0.25) is 10.0 Å². The van der Waals surface area contributed by atoms with Gasteiger partial charge in [-0.05, 0) is 30.6 Å². The molecule has 3 nitrogen and oxygen atoms in total. The predicted molar refractivity (Wildman–Crippen MR) is 71.3 cm³/mol. The van der Waals surface area contributed by atoms with E-state index in [0.717, 1.165) is 24.6 Å². The van der Waals surface area contributed by atoms with Crippen molar-refractivity contribution in [3.63, 3.8) is 0 Å². The monoisotopic (exact) mass is 311 g/mol. The van der Waals surface area contributed by atoms with Crippen molar-refractivity contribution < 1.29 is 8.42 Å². The first-order valence-electron chi connectivity index (χ1n) is 5.80. The first kappa shape index (κ1) is 14.5. The lowest BCUT2D eigenvalue weighted by atomic mass is 9.86. The second-order valence-electron chi connectivity index (χ2n) is 5.74. The smallest absolute Gasteiger partial charge is 0.212 e. The van der Waals surface area contributed by atoms with Crippen LogP contribution in [-0.4, -0.2) is 25.5 Å². The van der Waals surface area contributed by atoms with Gasteiger partial charge in [0.1, 0.15) is 0 Å². The molecule has 1 fully saturated rings. The minimum atomic E-state index is -3.09. The lowest BCUT2D eigenvalue weighted by Gasteiger charge is -2.30. The SMILES string of the molecule is CC(C)(C)C(CCBr)NS(=O)(=O)CC1CC1. The maximum Gasteiger partial charge on any atom is 0.212 e. The second-order valence-corrected chi connectivity index (χ2v) is 8.33. The van der Waals surface area contributed by atoms with Crippen molar-refractivity contribution in [1.29, 1.82) is 0 Å². The van der Waals surface area contributed by atoms with Crippen molar-refractivity contribution in [3.8, 4) is 0 Å². The van der Waals surface area contributed by atoms with E-state index in [1.54, 1.807) is 0 Å². The van der Waals surface area contributed by atoms with Crippen LogP contribution in [-0.2, 0) is 10.0 Å². The highest BCUT2D eigenvalue weighted by Crippen LogP contribution is 2.31. The highest BCUT2D eigenvalue weighted by Gasteiger charge is 2.32. The van der Waals surface area contributed by atoms with Crippen molar-refractivity contribution in [2.75, 3.05) is 11.1 Å². The van der Waals surface area contributed by atoms with E-state index >= 15 is 0 Å². The molecule has 0 heterocycles. The Morgan fingerprint density at radius 1 is 1.38 bits per heavy atom. The number of hydrogen-bond donors (Lipinski definition) is 1. The summed E-state index contributed by atoms with van der Waals surface area (Å²) >= 11 is 3.38. The molecular weight excluding hydrogens is 290 g/mol. The highest BCUT2D eigenvalue weighted by atomic mass is 79.9. The number of rotatable bonds is 6. The summed E-state index contributed by atoms with van der Waals surface area (Å²) in [6.45, 7) is 6.21. The molecule has 0 radical (unpaired) electrons. The Bertz CT molecular complexity index is 317. The fourth-order valence-electron chi connectivity index (χ4n) is 1.64. The van der Waals surface area contributed by atoms with Gasteiger partial charge in [-0.2, -0.15) is 0 Å². The van der Waals surface area contributed by atoms with E-state index in [-0.39, 0.29) is 11.5 Å². The molecule has 1 aliphatic rings. The number of sulfonamides is 1. The molecule has 0 aliphatic heterocycles. The summed E-state index contributed by atoms with van der Waals surface area (Å²) in [5, 5.41) is 0.820. The Morgan fingerprint density at radius 3 is 2.31 bits per heavy atom. The number of nitrogens with one attached hydrogen (secondary N) is 1.